The van der Waals surface area contributed by atoms with Gasteiger partial charge in [0.15, 0.2) is 0 Å². The van der Waals surface area contributed by atoms with Gasteiger partial charge in [-0.05, 0) is 58.1 Å². The number of rotatable bonds is 10. The monoisotopic (exact) mass is 439 g/mol. The summed E-state index contributed by atoms with van der Waals surface area (Å²) in [5, 5.41) is 5.20. The summed E-state index contributed by atoms with van der Waals surface area (Å²) in [7, 11) is 0. The lowest BCUT2D eigenvalue weighted by atomic mass is 10.0. The quantitative estimate of drug-likeness (QED) is 0.307. The zero-order chi connectivity index (χ0) is 22.9. The van der Waals surface area contributed by atoms with Crippen molar-refractivity contribution in [1.29, 1.82) is 0 Å². The average molecular weight is 440 g/mol. The van der Waals surface area contributed by atoms with Crippen LogP contribution in [0, 0.1) is 0 Å². The van der Waals surface area contributed by atoms with E-state index >= 15 is 0 Å². The van der Waals surface area contributed by atoms with Crippen molar-refractivity contribution < 1.29 is 14.3 Å². The molecule has 0 spiro atoms. The van der Waals surface area contributed by atoms with Gasteiger partial charge in [-0.25, -0.2) is 0 Å². The fourth-order valence-corrected chi connectivity index (χ4v) is 3.81. The van der Waals surface area contributed by atoms with Crippen molar-refractivity contribution in [2.45, 2.75) is 19.8 Å². The number of hydrogen-bond donors (Lipinski definition) is 1. The van der Waals surface area contributed by atoms with E-state index in [0.717, 1.165) is 29.7 Å². The Balaban J connectivity index is 1.26. The third-order valence-electron chi connectivity index (χ3n) is 5.50. The van der Waals surface area contributed by atoms with Gasteiger partial charge in [-0.15, -0.1) is 0 Å². The van der Waals surface area contributed by atoms with Crippen LogP contribution >= 0.6 is 0 Å². The first-order chi connectivity index (χ1) is 16.2. The Bertz CT molecular complexity index is 1190. The molecule has 0 radical (unpaired) electrons. The van der Waals surface area contributed by atoms with Gasteiger partial charge in [-0.2, -0.15) is 0 Å². The summed E-state index contributed by atoms with van der Waals surface area (Å²) in [6, 6.07) is 30.9. The lowest BCUT2D eigenvalue weighted by molar-refractivity contribution is -0.118. The molecule has 0 bridgehead atoms. The first-order valence-corrected chi connectivity index (χ1v) is 11.4. The molecule has 33 heavy (non-hydrogen) atoms. The molecule has 0 aliphatic carbocycles. The second-order valence-electron chi connectivity index (χ2n) is 7.97. The fraction of sp³-hybridized carbons (Fsp3) is 0.207. The molecule has 168 valence electrons. The molecular formula is C29H29NO3. The smallest absolute Gasteiger partial charge is 0.216 e. The SMILES string of the molecule is CC(=O)NCCc1cccc2ccc(OCCCOc3ccc(-c4ccccc4)cc3)cc12. The first-order valence-electron chi connectivity index (χ1n) is 11.4. The van der Waals surface area contributed by atoms with Crippen molar-refractivity contribution in [1.82, 2.24) is 5.32 Å². The summed E-state index contributed by atoms with van der Waals surface area (Å²) < 4.78 is 11.9. The second kappa shape index (κ2) is 11.2. The molecule has 1 N–H and O–H groups in total. The number of carbonyl (C=O) groups excluding carboxylic acids is 1. The highest BCUT2D eigenvalue weighted by Crippen LogP contribution is 2.25. The van der Waals surface area contributed by atoms with E-state index in [1.807, 2.05) is 36.4 Å². The average Bonchev–Trinajstić information content (AvgIpc) is 2.85. The number of hydrogen-bond acceptors (Lipinski definition) is 3. The van der Waals surface area contributed by atoms with Crippen molar-refractivity contribution in [3.8, 4) is 22.6 Å². The van der Waals surface area contributed by atoms with Gasteiger partial charge in [0.05, 0.1) is 13.2 Å². The molecule has 0 saturated carbocycles. The van der Waals surface area contributed by atoms with E-state index in [9.17, 15) is 4.79 Å². The molecule has 1 amide bonds. The lowest BCUT2D eigenvalue weighted by Gasteiger charge is -2.11. The topological polar surface area (TPSA) is 47.6 Å². The molecule has 4 heteroatoms. The summed E-state index contributed by atoms with van der Waals surface area (Å²) in [6.07, 6.45) is 1.58. The molecule has 0 aromatic heterocycles. The Morgan fingerprint density at radius 2 is 1.45 bits per heavy atom. The first kappa shape index (κ1) is 22.4. The third kappa shape index (κ3) is 6.36. The highest BCUT2D eigenvalue weighted by atomic mass is 16.5. The van der Waals surface area contributed by atoms with Crippen LogP contribution in [-0.2, 0) is 11.2 Å². The third-order valence-corrected chi connectivity index (χ3v) is 5.50. The maximum Gasteiger partial charge on any atom is 0.216 e. The minimum absolute atomic E-state index is 0.00591. The van der Waals surface area contributed by atoms with Crippen LogP contribution in [0.15, 0.2) is 91.0 Å². The Morgan fingerprint density at radius 1 is 0.758 bits per heavy atom. The minimum atomic E-state index is -0.00591. The van der Waals surface area contributed by atoms with Gasteiger partial charge in [0.2, 0.25) is 5.91 Å². The van der Waals surface area contributed by atoms with Crippen LogP contribution < -0.4 is 14.8 Å². The molecular weight excluding hydrogens is 410 g/mol. The summed E-state index contributed by atoms with van der Waals surface area (Å²) in [5.74, 6) is 1.71. The van der Waals surface area contributed by atoms with Crippen LogP contribution in [0.2, 0.25) is 0 Å². The van der Waals surface area contributed by atoms with E-state index in [1.165, 1.54) is 22.1 Å². The van der Waals surface area contributed by atoms with Crippen molar-refractivity contribution in [2.75, 3.05) is 19.8 Å². The molecule has 0 unspecified atom stereocenters. The predicted octanol–water partition coefficient (Wildman–Crippen LogP) is 6.03. The second-order valence-corrected chi connectivity index (χ2v) is 7.97. The molecule has 0 fully saturated rings. The molecule has 0 saturated heterocycles. The van der Waals surface area contributed by atoms with Crippen molar-refractivity contribution >= 4 is 16.7 Å². The van der Waals surface area contributed by atoms with Crippen LogP contribution in [0.25, 0.3) is 21.9 Å². The Labute approximate surface area is 195 Å². The standard InChI is InChI=1S/C29H29NO3/c1-22(31)30-18-17-26-10-5-9-25-13-16-28(21-29(25)26)33-20-6-19-32-27-14-11-24(12-15-27)23-7-3-2-4-8-23/h2-5,7-16,21H,6,17-20H2,1H3,(H,30,31). The molecule has 4 aromatic rings. The number of nitrogens with one attached hydrogen (secondary N) is 1. The van der Waals surface area contributed by atoms with E-state index in [-0.39, 0.29) is 5.91 Å². The molecule has 0 atom stereocenters. The summed E-state index contributed by atoms with van der Waals surface area (Å²) in [4.78, 5) is 11.1. The van der Waals surface area contributed by atoms with Gasteiger partial charge >= 0.3 is 0 Å². The maximum absolute atomic E-state index is 11.1. The van der Waals surface area contributed by atoms with Crippen LogP contribution in [-0.4, -0.2) is 25.7 Å². The molecule has 4 rings (SSSR count). The minimum Gasteiger partial charge on any atom is -0.493 e. The van der Waals surface area contributed by atoms with Crippen molar-refractivity contribution in [2.24, 2.45) is 0 Å². The van der Waals surface area contributed by atoms with Crippen LogP contribution in [0.1, 0.15) is 18.9 Å². The number of carbonyl (C=O) groups is 1. The highest BCUT2D eigenvalue weighted by Gasteiger charge is 2.04. The normalized spacial score (nSPS) is 10.7. The van der Waals surface area contributed by atoms with E-state index in [2.05, 4.69) is 59.9 Å². The molecule has 0 aliphatic rings. The zero-order valence-corrected chi connectivity index (χ0v) is 18.9. The predicted molar refractivity (Wildman–Crippen MR) is 134 cm³/mol. The number of amides is 1. The Hall–Kier alpha value is -3.79. The largest absolute Gasteiger partial charge is 0.493 e. The number of fused-ring (bicyclic) bond motifs is 1. The van der Waals surface area contributed by atoms with Crippen molar-refractivity contribution in [3.63, 3.8) is 0 Å². The van der Waals surface area contributed by atoms with E-state index in [1.54, 1.807) is 6.92 Å². The zero-order valence-electron chi connectivity index (χ0n) is 18.9. The summed E-state index contributed by atoms with van der Waals surface area (Å²) >= 11 is 0. The lowest BCUT2D eigenvalue weighted by Crippen LogP contribution is -2.22. The van der Waals surface area contributed by atoms with E-state index < -0.39 is 0 Å². The molecule has 4 aromatic carbocycles. The highest BCUT2D eigenvalue weighted by molar-refractivity contribution is 5.87. The number of benzene rings is 4. The fourth-order valence-electron chi connectivity index (χ4n) is 3.81. The molecule has 0 heterocycles. The Kier molecular flexibility index (Phi) is 7.60. The van der Waals surface area contributed by atoms with Crippen molar-refractivity contribution in [3.05, 3.63) is 96.6 Å². The number of ether oxygens (including phenoxy) is 2. The van der Waals surface area contributed by atoms with Gasteiger partial charge in [0.25, 0.3) is 0 Å². The van der Waals surface area contributed by atoms with Gasteiger partial charge < -0.3 is 14.8 Å². The Morgan fingerprint density at radius 3 is 2.21 bits per heavy atom. The maximum atomic E-state index is 11.1. The van der Waals surface area contributed by atoms with Crippen LogP contribution in [0.3, 0.4) is 0 Å². The summed E-state index contributed by atoms with van der Waals surface area (Å²) in [6.45, 7) is 3.35. The summed E-state index contributed by atoms with van der Waals surface area (Å²) in [5.41, 5.74) is 3.58. The van der Waals surface area contributed by atoms with Crippen LogP contribution in [0.4, 0.5) is 0 Å². The van der Waals surface area contributed by atoms with E-state index in [4.69, 9.17) is 9.47 Å². The van der Waals surface area contributed by atoms with Gasteiger partial charge in [-0.1, -0.05) is 66.7 Å². The van der Waals surface area contributed by atoms with Gasteiger partial charge in [0.1, 0.15) is 11.5 Å². The van der Waals surface area contributed by atoms with Gasteiger partial charge in [-0.3, -0.25) is 4.79 Å². The molecule has 0 aliphatic heterocycles. The molecule has 4 nitrogen and oxygen atoms in total. The van der Waals surface area contributed by atoms with Gasteiger partial charge in [0, 0.05) is 19.9 Å². The van der Waals surface area contributed by atoms with E-state index in [0.29, 0.717) is 19.8 Å². The van der Waals surface area contributed by atoms with Crippen LogP contribution in [0.5, 0.6) is 11.5 Å².